The molecule has 8 heteroatoms. The van der Waals surface area contributed by atoms with Gasteiger partial charge in [0.25, 0.3) is 0 Å². The van der Waals surface area contributed by atoms with Gasteiger partial charge in [-0.3, -0.25) is 0 Å². The van der Waals surface area contributed by atoms with Crippen LogP contribution in [0.2, 0.25) is 5.28 Å². The molecule has 122 valence electrons. The number of methoxy groups -OCH3 is 1. The second-order valence-electron chi connectivity index (χ2n) is 4.94. The maximum absolute atomic E-state index is 13.8. The molecule has 1 fully saturated rings. The highest BCUT2D eigenvalue weighted by molar-refractivity contribution is 6.28. The van der Waals surface area contributed by atoms with Crippen LogP contribution in [0.4, 0.5) is 21.6 Å². The first kappa shape index (κ1) is 15.8. The van der Waals surface area contributed by atoms with E-state index in [2.05, 4.69) is 20.2 Å². The predicted molar refractivity (Wildman–Crippen MR) is 86.3 cm³/mol. The minimum absolute atomic E-state index is 0.00224. The summed E-state index contributed by atoms with van der Waals surface area (Å²) < 4.78 is 24.5. The van der Waals surface area contributed by atoms with E-state index in [9.17, 15) is 4.39 Å². The third-order valence-corrected chi connectivity index (χ3v) is 3.71. The molecule has 2 heterocycles. The average molecular weight is 339 g/mol. The largest absolute Gasteiger partial charge is 0.494 e. The summed E-state index contributed by atoms with van der Waals surface area (Å²) in [6.45, 7) is 3.05. The molecule has 3 rings (SSSR count). The van der Waals surface area contributed by atoms with Crippen LogP contribution in [0.25, 0.3) is 0 Å². The van der Waals surface area contributed by atoms with E-state index in [1.54, 1.807) is 7.11 Å². The van der Waals surface area contributed by atoms with Crippen molar-refractivity contribution in [1.29, 1.82) is 0 Å². The highest BCUT2D eigenvalue weighted by Gasteiger charge is 2.15. The summed E-state index contributed by atoms with van der Waals surface area (Å²) in [5.74, 6) is -0.000687. The standard InChI is InChI=1S/C15H16ClFN4O2/c1-22-13-8-10(21-4-6-23-7-5-21)2-3-12(13)19-14-11(17)9-18-15(16)20-14/h2-3,8-9H,4-7H2,1H3,(H,18,19,20). The van der Waals surface area contributed by atoms with Gasteiger partial charge in [-0.2, -0.15) is 4.98 Å². The van der Waals surface area contributed by atoms with E-state index in [0.29, 0.717) is 24.7 Å². The first-order valence-corrected chi connectivity index (χ1v) is 7.51. The van der Waals surface area contributed by atoms with Gasteiger partial charge < -0.3 is 19.7 Å². The molecule has 0 radical (unpaired) electrons. The summed E-state index contributed by atoms with van der Waals surface area (Å²) >= 11 is 5.70. The number of aromatic nitrogens is 2. The molecule has 0 amide bonds. The second-order valence-corrected chi connectivity index (χ2v) is 5.28. The van der Waals surface area contributed by atoms with Crippen LogP contribution in [-0.4, -0.2) is 43.4 Å². The molecular weight excluding hydrogens is 323 g/mol. The highest BCUT2D eigenvalue weighted by Crippen LogP contribution is 2.32. The third-order valence-electron chi connectivity index (χ3n) is 3.53. The molecule has 0 bridgehead atoms. The Labute approximate surface area is 138 Å². The maximum Gasteiger partial charge on any atom is 0.224 e. The monoisotopic (exact) mass is 338 g/mol. The van der Waals surface area contributed by atoms with E-state index in [0.717, 1.165) is 25.0 Å². The first-order valence-electron chi connectivity index (χ1n) is 7.13. The normalized spacial score (nSPS) is 14.7. The van der Waals surface area contributed by atoms with Crippen LogP contribution in [-0.2, 0) is 4.74 Å². The quantitative estimate of drug-likeness (QED) is 0.865. The smallest absolute Gasteiger partial charge is 0.224 e. The van der Waals surface area contributed by atoms with Gasteiger partial charge in [-0.15, -0.1) is 0 Å². The molecule has 0 atom stereocenters. The van der Waals surface area contributed by atoms with Crippen molar-refractivity contribution in [3.8, 4) is 5.75 Å². The summed E-state index contributed by atoms with van der Waals surface area (Å²) in [5.41, 5.74) is 1.62. The van der Waals surface area contributed by atoms with E-state index in [-0.39, 0.29) is 11.1 Å². The van der Waals surface area contributed by atoms with Crippen LogP contribution in [0.15, 0.2) is 24.4 Å². The number of nitrogens with one attached hydrogen (secondary N) is 1. The SMILES string of the molecule is COc1cc(N2CCOCC2)ccc1Nc1nc(Cl)ncc1F. The Morgan fingerprint density at radius 2 is 2.13 bits per heavy atom. The maximum atomic E-state index is 13.8. The molecule has 2 aromatic rings. The zero-order chi connectivity index (χ0) is 16.2. The lowest BCUT2D eigenvalue weighted by molar-refractivity contribution is 0.122. The second kappa shape index (κ2) is 6.97. The summed E-state index contributed by atoms with van der Waals surface area (Å²) in [6.07, 6.45) is 1.02. The van der Waals surface area contributed by atoms with Crippen LogP contribution in [0.1, 0.15) is 0 Å². The van der Waals surface area contributed by atoms with Crippen LogP contribution in [0.5, 0.6) is 5.75 Å². The fraction of sp³-hybridized carbons (Fsp3) is 0.333. The van der Waals surface area contributed by atoms with E-state index < -0.39 is 5.82 Å². The number of rotatable bonds is 4. The molecule has 0 spiro atoms. The van der Waals surface area contributed by atoms with E-state index in [1.165, 1.54) is 0 Å². The van der Waals surface area contributed by atoms with Crippen LogP contribution in [0, 0.1) is 5.82 Å². The summed E-state index contributed by atoms with van der Waals surface area (Å²) in [6, 6.07) is 5.66. The molecule has 1 saturated heterocycles. The van der Waals surface area contributed by atoms with Gasteiger partial charge in [-0.1, -0.05) is 0 Å². The fourth-order valence-corrected chi connectivity index (χ4v) is 2.50. The number of benzene rings is 1. The van der Waals surface area contributed by atoms with Crippen molar-refractivity contribution >= 4 is 28.8 Å². The van der Waals surface area contributed by atoms with Crippen molar-refractivity contribution in [2.75, 3.05) is 43.6 Å². The minimum atomic E-state index is -0.589. The van der Waals surface area contributed by atoms with Crippen molar-refractivity contribution in [2.24, 2.45) is 0 Å². The molecule has 6 nitrogen and oxygen atoms in total. The first-order chi connectivity index (χ1) is 11.2. The van der Waals surface area contributed by atoms with Gasteiger partial charge in [0.15, 0.2) is 11.6 Å². The molecule has 0 aliphatic carbocycles. The van der Waals surface area contributed by atoms with Gasteiger partial charge >= 0.3 is 0 Å². The predicted octanol–water partition coefficient (Wildman–Crippen LogP) is 2.86. The number of morpholine rings is 1. The van der Waals surface area contributed by atoms with E-state index in [1.807, 2.05) is 18.2 Å². The van der Waals surface area contributed by atoms with Gasteiger partial charge in [-0.25, -0.2) is 9.37 Å². The van der Waals surface area contributed by atoms with Crippen LogP contribution >= 0.6 is 11.6 Å². The Kier molecular flexibility index (Phi) is 4.78. The lowest BCUT2D eigenvalue weighted by Crippen LogP contribution is -2.36. The van der Waals surface area contributed by atoms with Crippen molar-refractivity contribution in [2.45, 2.75) is 0 Å². The molecule has 1 aromatic heterocycles. The van der Waals surface area contributed by atoms with Gasteiger partial charge in [-0.05, 0) is 23.7 Å². The average Bonchev–Trinajstić information content (AvgIpc) is 2.59. The number of anilines is 3. The fourth-order valence-electron chi connectivity index (χ4n) is 2.36. The molecule has 0 unspecified atom stereocenters. The van der Waals surface area contributed by atoms with Gasteiger partial charge in [0, 0.05) is 24.8 Å². The molecule has 1 N–H and O–H groups in total. The Morgan fingerprint density at radius 3 is 2.87 bits per heavy atom. The topological polar surface area (TPSA) is 59.5 Å². The van der Waals surface area contributed by atoms with Crippen molar-refractivity contribution < 1.29 is 13.9 Å². The lowest BCUT2D eigenvalue weighted by atomic mass is 10.2. The zero-order valence-electron chi connectivity index (χ0n) is 12.6. The third kappa shape index (κ3) is 3.62. The summed E-state index contributed by atoms with van der Waals surface area (Å²) in [5, 5.41) is 2.85. The molecule has 0 saturated carbocycles. The Hall–Kier alpha value is -2.12. The number of nitrogens with zero attached hydrogens (tertiary/aromatic N) is 3. The number of hydrogen-bond donors (Lipinski definition) is 1. The Morgan fingerprint density at radius 1 is 1.35 bits per heavy atom. The number of ether oxygens (including phenoxy) is 2. The summed E-state index contributed by atoms with van der Waals surface area (Å²) in [7, 11) is 1.56. The Bertz CT molecular complexity index is 695. The van der Waals surface area contributed by atoms with Crippen LogP contribution < -0.4 is 15.0 Å². The lowest BCUT2D eigenvalue weighted by Gasteiger charge is -2.29. The number of halogens is 2. The van der Waals surface area contributed by atoms with Gasteiger partial charge in [0.05, 0.1) is 32.2 Å². The highest BCUT2D eigenvalue weighted by atomic mass is 35.5. The summed E-state index contributed by atoms with van der Waals surface area (Å²) in [4.78, 5) is 9.64. The number of hydrogen-bond acceptors (Lipinski definition) is 6. The van der Waals surface area contributed by atoms with Gasteiger partial charge in [0.1, 0.15) is 5.75 Å². The van der Waals surface area contributed by atoms with Gasteiger partial charge in [0.2, 0.25) is 5.28 Å². The molecule has 1 aliphatic rings. The molecule has 23 heavy (non-hydrogen) atoms. The molecule has 1 aliphatic heterocycles. The van der Waals surface area contributed by atoms with Crippen molar-refractivity contribution in [1.82, 2.24) is 9.97 Å². The van der Waals surface area contributed by atoms with Crippen molar-refractivity contribution in [3.63, 3.8) is 0 Å². The zero-order valence-corrected chi connectivity index (χ0v) is 13.3. The van der Waals surface area contributed by atoms with Crippen molar-refractivity contribution in [3.05, 3.63) is 35.5 Å². The Balaban J connectivity index is 1.86. The molecular formula is C15H16ClFN4O2. The van der Waals surface area contributed by atoms with E-state index >= 15 is 0 Å². The van der Waals surface area contributed by atoms with E-state index in [4.69, 9.17) is 21.1 Å². The van der Waals surface area contributed by atoms with Crippen LogP contribution in [0.3, 0.4) is 0 Å². The minimum Gasteiger partial charge on any atom is -0.494 e. The molecule has 1 aromatic carbocycles.